The van der Waals surface area contributed by atoms with Gasteiger partial charge in [-0.25, -0.2) is 0 Å². The second kappa shape index (κ2) is 2.21. The highest BCUT2D eigenvalue weighted by Crippen LogP contribution is 2.44. The van der Waals surface area contributed by atoms with Crippen LogP contribution in [0.4, 0.5) is 0 Å². The normalized spacial score (nSPS) is 33.6. The average molecular weight is 155 g/mol. The zero-order valence-electron chi connectivity index (χ0n) is 6.47. The molecule has 1 aliphatic heterocycles. The molecule has 0 bridgehead atoms. The quantitative estimate of drug-likeness (QED) is 0.578. The maximum absolute atomic E-state index is 10.6. The van der Waals surface area contributed by atoms with Crippen molar-refractivity contribution in [3.63, 3.8) is 0 Å². The predicted octanol–water partition coefficient (Wildman–Crippen LogP) is 0.461. The van der Waals surface area contributed by atoms with Crippen molar-refractivity contribution < 1.29 is 9.90 Å². The van der Waals surface area contributed by atoms with E-state index in [0.717, 1.165) is 32.4 Å². The first kappa shape index (κ1) is 7.10. The molecule has 1 heterocycles. The molecule has 3 heteroatoms. The summed E-state index contributed by atoms with van der Waals surface area (Å²) in [5.74, 6) is -0.661. The smallest absolute Gasteiger partial charge is 0.306 e. The second-order valence-corrected chi connectivity index (χ2v) is 3.88. The molecule has 62 valence electrons. The van der Waals surface area contributed by atoms with Crippen LogP contribution in [-0.2, 0) is 4.79 Å². The minimum absolute atomic E-state index is 0.0582. The minimum Gasteiger partial charge on any atom is -0.481 e. The van der Waals surface area contributed by atoms with Gasteiger partial charge in [0.05, 0.1) is 5.92 Å². The summed E-state index contributed by atoms with van der Waals surface area (Å²) < 4.78 is 0. The Balaban J connectivity index is 1.98. The molecule has 2 N–H and O–H groups in total. The van der Waals surface area contributed by atoms with Gasteiger partial charge in [-0.1, -0.05) is 0 Å². The van der Waals surface area contributed by atoms with E-state index in [-0.39, 0.29) is 5.92 Å². The molecular formula is C8H13NO2. The summed E-state index contributed by atoms with van der Waals surface area (Å²) in [6.07, 6.45) is 2.89. The molecule has 11 heavy (non-hydrogen) atoms. The van der Waals surface area contributed by atoms with Gasteiger partial charge in [-0.05, 0) is 24.7 Å². The van der Waals surface area contributed by atoms with Gasteiger partial charge in [-0.15, -0.1) is 0 Å². The first-order chi connectivity index (χ1) is 5.22. The molecule has 1 aliphatic carbocycles. The zero-order valence-corrected chi connectivity index (χ0v) is 6.47. The highest BCUT2D eigenvalue weighted by atomic mass is 16.4. The van der Waals surface area contributed by atoms with Crippen LogP contribution >= 0.6 is 0 Å². The predicted molar refractivity (Wildman–Crippen MR) is 40.3 cm³/mol. The Bertz CT molecular complexity index is 187. The number of hydrogen-bond donors (Lipinski definition) is 2. The van der Waals surface area contributed by atoms with Crippen LogP contribution in [0.25, 0.3) is 0 Å². The lowest BCUT2D eigenvalue weighted by molar-refractivity contribution is -0.141. The Hall–Kier alpha value is -0.570. The van der Waals surface area contributed by atoms with Gasteiger partial charge in [0.2, 0.25) is 0 Å². The Morgan fingerprint density at radius 3 is 2.55 bits per heavy atom. The van der Waals surface area contributed by atoms with E-state index in [1.165, 1.54) is 0 Å². The van der Waals surface area contributed by atoms with Crippen molar-refractivity contribution in [3.8, 4) is 0 Å². The van der Waals surface area contributed by atoms with Crippen molar-refractivity contribution >= 4 is 5.97 Å². The van der Waals surface area contributed by atoms with Crippen molar-refractivity contribution in [2.75, 3.05) is 13.1 Å². The van der Waals surface area contributed by atoms with Gasteiger partial charge in [-0.2, -0.15) is 0 Å². The van der Waals surface area contributed by atoms with Crippen LogP contribution in [0.1, 0.15) is 19.3 Å². The number of carbonyl (C=O) groups is 1. The lowest BCUT2D eigenvalue weighted by Crippen LogP contribution is -2.51. The van der Waals surface area contributed by atoms with E-state index in [2.05, 4.69) is 5.32 Å². The maximum atomic E-state index is 10.6. The summed E-state index contributed by atoms with van der Waals surface area (Å²) in [4.78, 5) is 10.6. The zero-order chi connectivity index (χ0) is 7.90. The molecule has 1 saturated carbocycles. The van der Waals surface area contributed by atoms with Crippen LogP contribution in [0.5, 0.6) is 0 Å². The number of hydrogen-bond acceptors (Lipinski definition) is 2. The van der Waals surface area contributed by atoms with E-state index in [9.17, 15) is 4.79 Å². The third-order valence-corrected chi connectivity index (χ3v) is 3.05. The van der Waals surface area contributed by atoms with E-state index in [1.807, 2.05) is 0 Å². The average Bonchev–Trinajstić information content (AvgIpc) is 2.28. The van der Waals surface area contributed by atoms with Crippen LogP contribution in [0.15, 0.2) is 0 Å². The molecule has 2 rings (SSSR count). The van der Waals surface area contributed by atoms with E-state index < -0.39 is 5.97 Å². The fraction of sp³-hybridized carbons (Fsp3) is 0.875. The van der Waals surface area contributed by atoms with Gasteiger partial charge in [0.25, 0.3) is 0 Å². The molecule has 0 radical (unpaired) electrons. The summed E-state index contributed by atoms with van der Waals surface area (Å²) >= 11 is 0. The van der Waals surface area contributed by atoms with Crippen LogP contribution < -0.4 is 5.32 Å². The van der Waals surface area contributed by atoms with Crippen molar-refractivity contribution in [2.45, 2.75) is 19.3 Å². The molecule has 1 unspecified atom stereocenters. The van der Waals surface area contributed by atoms with Gasteiger partial charge >= 0.3 is 5.97 Å². The number of aliphatic carboxylic acids is 1. The fourth-order valence-corrected chi connectivity index (χ4v) is 2.22. The standard InChI is InChI=1S/C8H13NO2/c10-7(11)6-1-2-8(3-6)4-9-5-8/h6,9H,1-5H2,(H,10,11). The van der Waals surface area contributed by atoms with Crippen LogP contribution in [-0.4, -0.2) is 24.2 Å². The van der Waals surface area contributed by atoms with E-state index in [0.29, 0.717) is 5.41 Å². The highest BCUT2D eigenvalue weighted by Gasteiger charge is 2.45. The molecule has 0 aromatic carbocycles. The molecule has 2 fully saturated rings. The largest absolute Gasteiger partial charge is 0.481 e. The fourth-order valence-electron chi connectivity index (χ4n) is 2.22. The van der Waals surface area contributed by atoms with Crippen molar-refractivity contribution in [3.05, 3.63) is 0 Å². The van der Waals surface area contributed by atoms with Gasteiger partial charge in [0.1, 0.15) is 0 Å². The SMILES string of the molecule is O=C(O)C1CCC2(CNC2)C1. The Kier molecular flexibility index (Phi) is 1.42. The van der Waals surface area contributed by atoms with Crippen LogP contribution in [0.3, 0.4) is 0 Å². The summed E-state index contributed by atoms with van der Waals surface area (Å²) in [5.41, 5.74) is 0.378. The number of carboxylic acids is 1. The number of rotatable bonds is 1. The van der Waals surface area contributed by atoms with Gasteiger partial charge in [-0.3, -0.25) is 4.79 Å². The first-order valence-corrected chi connectivity index (χ1v) is 4.15. The van der Waals surface area contributed by atoms with Crippen molar-refractivity contribution in [1.29, 1.82) is 0 Å². The lowest BCUT2D eigenvalue weighted by Gasteiger charge is -2.39. The summed E-state index contributed by atoms with van der Waals surface area (Å²) in [5, 5.41) is 12.0. The highest BCUT2D eigenvalue weighted by molar-refractivity contribution is 5.70. The molecule has 0 aromatic heterocycles. The minimum atomic E-state index is -0.603. The molecular weight excluding hydrogens is 142 g/mol. The third kappa shape index (κ3) is 1.03. The Morgan fingerprint density at radius 2 is 2.27 bits per heavy atom. The lowest BCUT2D eigenvalue weighted by atomic mass is 9.79. The third-order valence-electron chi connectivity index (χ3n) is 3.05. The summed E-state index contributed by atoms with van der Waals surface area (Å²) in [6.45, 7) is 2.08. The van der Waals surface area contributed by atoms with Crippen LogP contribution in [0.2, 0.25) is 0 Å². The molecule has 3 nitrogen and oxygen atoms in total. The van der Waals surface area contributed by atoms with Gasteiger partial charge in [0, 0.05) is 13.1 Å². The van der Waals surface area contributed by atoms with Gasteiger partial charge < -0.3 is 10.4 Å². The topological polar surface area (TPSA) is 49.3 Å². The number of carboxylic acid groups (broad SMARTS) is 1. The van der Waals surface area contributed by atoms with Gasteiger partial charge in [0.15, 0.2) is 0 Å². The molecule has 1 spiro atoms. The Labute approximate surface area is 65.8 Å². The monoisotopic (exact) mass is 155 g/mol. The van der Waals surface area contributed by atoms with Crippen LogP contribution in [0, 0.1) is 11.3 Å². The Morgan fingerprint density at radius 1 is 1.55 bits per heavy atom. The molecule has 0 aromatic rings. The first-order valence-electron chi connectivity index (χ1n) is 4.15. The second-order valence-electron chi connectivity index (χ2n) is 3.88. The van der Waals surface area contributed by atoms with E-state index in [4.69, 9.17) is 5.11 Å². The van der Waals surface area contributed by atoms with E-state index in [1.54, 1.807) is 0 Å². The van der Waals surface area contributed by atoms with Crippen molar-refractivity contribution in [1.82, 2.24) is 5.32 Å². The summed E-state index contributed by atoms with van der Waals surface area (Å²) in [7, 11) is 0. The maximum Gasteiger partial charge on any atom is 0.306 e. The molecule has 0 amide bonds. The molecule has 1 atom stereocenters. The van der Waals surface area contributed by atoms with E-state index >= 15 is 0 Å². The van der Waals surface area contributed by atoms with Crippen molar-refractivity contribution in [2.24, 2.45) is 11.3 Å². The molecule has 2 aliphatic rings. The summed E-state index contributed by atoms with van der Waals surface area (Å²) in [6, 6.07) is 0. The number of nitrogens with one attached hydrogen (secondary N) is 1. The molecule has 1 saturated heterocycles.